The Hall–Kier alpha value is -1.01. The molecule has 0 aromatic carbocycles. The average molecular weight is 450 g/mol. The van der Waals surface area contributed by atoms with Gasteiger partial charge in [0, 0.05) is 18.5 Å². The van der Waals surface area contributed by atoms with Crippen LogP contribution >= 0.6 is 11.3 Å². The normalized spacial score (nSPS) is 16.4. The fourth-order valence-electron chi connectivity index (χ4n) is 2.29. The van der Waals surface area contributed by atoms with Gasteiger partial charge in [0.1, 0.15) is 11.8 Å². The molecule has 8 nitrogen and oxygen atoms in total. The van der Waals surface area contributed by atoms with Crippen molar-refractivity contribution in [1.29, 1.82) is 0 Å². The lowest BCUT2D eigenvalue weighted by Crippen LogP contribution is -2.53. The van der Waals surface area contributed by atoms with Crippen molar-refractivity contribution in [3.8, 4) is 0 Å². The first-order valence-electron chi connectivity index (χ1n) is 9.22. The van der Waals surface area contributed by atoms with Crippen LogP contribution in [0.3, 0.4) is 0 Å². The second-order valence-corrected chi connectivity index (χ2v) is 16.1. The summed E-state index contributed by atoms with van der Waals surface area (Å²) in [6.45, 7) is 15.3. The number of aromatic nitrogens is 1. The molecule has 1 aromatic heterocycles. The van der Waals surface area contributed by atoms with Crippen molar-refractivity contribution in [2.75, 3.05) is 24.2 Å². The average Bonchev–Trinajstić information content (AvgIpc) is 2.94. The van der Waals surface area contributed by atoms with Crippen LogP contribution in [0.5, 0.6) is 0 Å². The topological polar surface area (TPSA) is 89.0 Å². The summed E-state index contributed by atoms with van der Waals surface area (Å²) in [5.74, 6) is -0.258. The van der Waals surface area contributed by atoms with Crippen LogP contribution in [0.25, 0.3) is 0 Å². The molecular formula is C17H31N3O5S2Si. The standard InChI is InChI=1S/C17H31N3O5S2Si/c1-12(2)20(25-28(7,8)17(3,4)5)15(21)14-11-26-16(18-14)19-9-13(10-19)24-27(6,22)23/h11-13H,9-10H2,1-8H3. The van der Waals surface area contributed by atoms with Gasteiger partial charge in [-0.1, -0.05) is 20.8 Å². The molecule has 2 rings (SSSR count). The Bertz CT molecular complexity index is 811. The van der Waals surface area contributed by atoms with Gasteiger partial charge in [-0.05, 0) is 32.0 Å². The number of nitrogens with zero attached hydrogens (tertiary/aromatic N) is 3. The Labute approximate surface area is 173 Å². The van der Waals surface area contributed by atoms with Gasteiger partial charge in [0.25, 0.3) is 16.0 Å². The summed E-state index contributed by atoms with van der Waals surface area (Å²) in [5, 5.41) is 3.81. The van der Waals surface area contributed by atoms with Gasteiger partial charge in [-0.15, -0.1) is 11.3 Å². The van der Waals surface area contributed by atoms with E-state index in [1.165, 1.54) is 16.4 Å². The molecule has 28 heavy (non-hydrogen) atoms. The molecule has 1 aliphatic heterocycles. The maximum atomic E-state index is 13.0. The third-order valence-corrected chi connectivity index (χ3v) is 10.7. The maximum absolute atomic E-state index is 13.0. The molecule has 0 unspecified atom stereocenters. The minimum Gasteiger partial charge on any atom is -0.343 e. The Kier molecular flexibility index (Phi) is 6.66. The van der Waals surface area contributed by atoms with E-state index in [0.29, 0.717) is 23.9 Å². The molecule has 2 heterocycles. The molecule has 0 radical (unpaired) electrons. The molecular weight excluding hydrogens is 418 g/mol. The van der Waals surface area contributed by atoms with Gasteiger partial charge in [0.15, 0.2) is 5.13 Å². The van der Waals surface area contributed by atoms with E-state index in [1.807, 2.05) is 18.7 Å². The lowest BCUT2D eigenvalue weighted by molar-refractivity contribution is -0.0658. The zero-order chi connectivity index (χ0) is 21.5. The van der Waals surface area contributed by atoms with Crippen LogP contribution in [0.15, 0.2) is 5.38 Å². The molecule has 1 aliphatic rings. The van der Waals surface area contributed by atoms with Crippen molar-refractivity contribution in [3.05, 3.63) is 11.1 Å². The number of carbonyl (C=O) groups is 1. The Morgan fingerprint density at radius 1 is 1.36 bits per heavy atom. The lowest BCUT2D eigenvalue weighted by atomic mass is 10.2. The molecule has 0 bridgehead atoms. The number of thiazole rings is 1. The van der Waals surface area contributed by atoms with Crippen molar-refractivity contribution in [2.24, 2.45) is 0 Å². The number of hydrogen-bond acceptors (Lipinski definition) is 8. The molecule has 0 saturated carbocycles. The molecule has 1 saturated heterocycles. The summed E-state index contributed by atoms with van der Waals surface area (Å²) >= 11 is 1.35. The monoisotopic (exact) mass is 449 g/mol. The van der Waals surface area contributed by atoms with Crippen molar-refractivity contribution < 1.29 is 21.9 Å². The van der Waals surface area contributed by atoms with Gasteiger partial charge >= 0.3 is 0 Å². The summed E-state index contributed by atoms with van der Waals surface area (Å²) in [6.07, 6.45) is 0.672. The van der Waals surface area contributed by atoms with Crippen molar-refractivity contribution in [3.63, 3.8) is 0 Å². The van der Waals surface area contributed by atoms with Gasteiger partial charge in [0.2, 0.25) is 8.32 Å². The van der Waals surface area contributed by atoms with E-state index in [2.05, 4.69) is 38.8 Å². The van der Waals surface area contributed by atoms with Gasteiger partial charge in [-0.3, -0.25) is 8.98 Å². The van der Waals surface area contributed by atoms with Crippen LogP contribution in [0.1, 0.15) is 45.1 Å². The van der Waals surface area contributed by atoms with E-state index >= 15 is 0 Å². The molecule has 1 amide bonds. The summed E-state index contributed by atoms with van der Waals surface area (Å²) in [7, 11) is -5.64. The van der Waals surface area contributed by atoms with Gasteiger partial charge in [-0.25, -0.2) is 10.0 Å². The smallest absolute Gasteiger partial charge is 0.296 e. The van der Waals surface area contributed by atoms with Crippen molar-refractivity contribution in [2.45, 2.75) is 64.9 Å². The Morgan fingerprint density at radius 3 is 2.39 bits per heavy atom. The SMILES string of the molecule is CC(C)N(O[Si](C)(C)C(C)(C)C)C(=O)c1csc(N2CC(OS(C)(=O)=O)C2)n1. The first-order valence-corrected chi connectivity index (χ1v) is 14.8. The minimum atomic E-state index is -3.47. The number of hydroxylamine groups is 2. The summed E-state index contributed by atoms with van der Waals surface area (Å²) in [5.41, 5.74) is 0.333. The lowest BCUT2D eigenvalue weighted by Gasteiger charge is -2.40. The van der Waals surface area contributed by atoms with Crippen molar-refractivity contribution >= 4 is 40.8 Å². The third-order valence-electron chi connectivity index (χ3n) is 4.94. The van der Waals surface area contributed by atoms with Gasteiger partial charge in [-0.2, -0.15) is 8.42 Å². The minimum absolute atomic E-state index is 0.0279. The van der Waals surface area contributed by atoms with Gasteiger partial charge in [0.05, 0.1) is 12.3 Å². The fraction of sp³-hybridized carbons (Fsp3) is 0.765. The quantitative estimate of drug-likeness (QED) is 0.359. The van der Waals surface area contributed by atoms with Gasteiger partial charge < -0.3 is 9.43 Å². The second kappa shape index (κ2) is 8.02. The Morgan fingerprint density at radius 2 is 1.93 bits per heavy atom. The summed E-state index contributed by atoms with van der Waals surface area (Å²) in [4.78, 5) is 19.4. The highest BCUT2D eigenvalue weighted by Gasteiger charge is 2.42. The first kappa shape index (κ1) is 23.3. The highest BCUT2D eigenvalue weighted by Crippen LogP contribution is 2.38. The molecule has 1 aromatic rings. The summed E-state index contributed by atoms with van der Waals surface area (Å²) < 4.78 is 33.6. The number of anilines is 1. The largest absolute Gasteiger partial charge is 0.343 e. The third kappa shape index (κ3) is 5.53. The zero-order valence-electron chi connectivity index (χ0n) is 17.8. The molecule has 0 aliphatic carbocycles. The summed E-state index contributed by atoms with van der Waals surface area (Å²) in [6, 6.07) is -0.122. The van der Waals surface area contributed by atoms with E-state index < -0.39 is 18.4 Å². The molecule has 0 atom stereocenters. The maximum Gasteiger partial charge on any atom is 0.296 e. The van der Waals surface area contributed by atoms with E-state index in [1.54, 1.807) is 5.38 Å². The zero-order valence-corrected chi connectivity index (χ0v) is 20.5. The van der Waals surface area contributed by atoms with Crippen molar-refractivity contribution in [1.82, 2.24) is 10.0 Å². The van der Waals surface area contributed by atoms with Crippen LogP contribution < -0.4 is 4.90 Å². The van der Waals surface area contributed by atoms with E-state index in [4.69, 9.17) is 8.71 Å². The number of hydrogen-bond donors (Lipinski definition) is 0. The predicted molar refractivity (Wildman–Crippen MR) is 114 cm³/mol. The second-order valence-electron chi connectivity index (χ2n) is 8.92. The highest BCUT2D eigenvalue weighted by molar-refractivity contribution is 7.86. The predicted octanol–water partition coefficient (Wildman–Crippen LogP) is 3.10. The molecule has 0 spiro atoms. The van der Waals surface area contributed by atoms with E-state index in [0.717, 1.165) is 6.26 Å². The molecule has 11 heteroatoms. The fourth-order valence-corrected chi connectivity index (χ4v) is 4.78. The van der Waals surface area contributed by atoms with Crippen LogP contribution in [-0.4, -0.2) is 64.2 Å². The van der Waals surface area contributed by atoms with Crippen LogP contribution in [0, 0.1) is 0 Å². The molecule has 0 N–H and O–H groups in total. The van der Waals surface area contributed by atoms with Crippen LogP contribution in [0.2, 0.25) is 18.1 Å². The van der Waals surface area contributed by atoms with E-state index in [9.17, 15) is 13.2 Å². The molecule has 160 valence electrons. The number of amides is 1. The highest BCUT2D eigenvalue weighted by atomic mass is 32.2. The first-order chi connectivity index (χ1) is 12.6. The van der Waals surface area contributed by atoms with E-state index in [-0.39, 0.29) is 23.1 Å². The van der Waals surface area contributed by atoms with Crippen LogP contribution in [-0.2, 0) is 18.8 Å². The Balaban J connectivity index is 2.07. The number of rotatable bonds is 7. The number of carbonyl (C=O) groups excluding carboxylic acids is 1. The van der Waals surface area contributed by atoms with Crippen LogP contribution in [0.4, 0.5) is 5.13 Å². The molecule has 1 fully saturated rings.